The van der Waals surface area contributed by atoms with E-state index in [1.54, 1.807) is 30.3 Å². The maximum Gasteiger partial charge on any atom is 0.264 e. The highest BCUT2D eigenvalue weighted by Gasteiger charge is 2.25. The number of benzene rings is 2. The van der Waals surface area contributed by atoms with Gasteiger partial charge in [0.15, 0.2) is 16.7 Å². The van der Waals surface area contributed by atoms with E-state index in [0.29, 0.717) is 32.1 Å². The quantitative estimate of drug-likeness (QED) is 0.640. The SMILES string of the molecule is COc1cc(Br)cc(/C=C2\SC(=Nc3cc(Cl)ccc3C)NC2=O)c1O. The Hall–Kier alpha value is -1.96. The Morgan fingerprint density at radius 2 is 2.12 bits per heavy atom. The minimum absolute atomic E-state index is 0.0346. The molecule has 1 saturated heterocycles. The molecule has 1 amide bonds. The number of ether oxygens (including phenoxy) is 1. The Kier molecular flexibility index (Phi) is 5.60. The number of amides is 1. The zero-order valence-corrected chi connectivity index (χ0v) is 17.0. The predicted molar refractivity (Wildman–Crippen MR) is 109 cm³/mol. The second kappa shape index (κ2) is 7.73. The lowest BCUT2D eigenvalue weighted by Gasteiger charge is -2.07. The number of nitrogens with zero attached hydrogens (tertiary/aromatic N) is 1. The minimum Gasteiger partial charge on any atom is -0.504 e. The van der Waals surface area contributed by atoms with Gasteiger partial charge in [0.25, 0.3) is 5.91 Å². The van der Waals surface area contributed by atoms with Crippen molar-refractivity contribution in [2.45, 2.75) is 6.92 Å². The van der Waals surface area contributed by atoms with Crippen LogP contribution in [0.4, 0.5) is 5.69 Å². The first kappa shape index (κ1) is 18.8. The summed E-state index contributed by atoms with van der Waals surface area (Å²) < 4.78 is 5.86. The first-order chi connectivity index (χ1) is 12.4. The summed E-state index contributed by atoms with van der Waals surface area (Å²) in [6.07, 6.45) is 1.59. The number of hydrogen-bond acceptors (Lipinski definition) is 5. The fraction of sp³-hybridized carbons (Fsp3) is 0.111. The maximum atomic E-state index is 12.3. The summed E-state index contributed by atoms with van der Waals surface area (Å²) in [6.45, 7) is 1.92. The lowest BCUT2D eigenvalue weighted by molar-refractivity contribution is -0.115. The van der Waals surface area contributed by atoms with Crippen LogP contribution in [-0.4, -0.2) is 23.3 Å². The van der Waals surface area contributed by atoms with Gasteiger partial charge in [0, 0.05) is 15.1 Å². The fourth-order valence-electron chi connectivity index (χ4n) is 2.29. The van der Waals surface area contributed by atoms with E-state index in [0.717, 1.165) is 10.0 Å². The Labute approximate surface area is 168 Å². The molecule has 134 valence electrons. The topological polar surface area (TPSA) is 70.9 Å². The lowest BCUT2D eigenvalue weighted by atomic mass is 10.1. The predicted octanol–water partition coefficient (Wildman–Crippen LogP) is 5.02. The molecule has 2 aromatic carbocycles. The van der Waals surface area contributed by atoms with Crippen molar-refractivity contribution >= 4 is 62.1 Å². The minimum atomic E-state index is -0.285. The Balaban J connectivity index is 1.93. The van der Waals surface area contributed by atoms with E-state index in [1.165, 1.54) is 18.9 Å². The van der Waals surface area contributed by atoms with E-state index in [4.69, 9.17) is 16.3 Å². The van der Waals surface area contributed by atoms with Crippen LogP contribution in [0.25, 0.3) is 6.08 Å². The molecule has 5 nitrogen and oxygen atoms in total. The molecule has 0 saturated carbocycles. The smallest absolute Gasteiger partial charge is 0.264 e. The summed E-state index contributed by atoms with van der Waals surface area (Å²) in [5.41, 5.74) is 2.10. The molecule has 26 heavy (non-hydrogen) atoms. The summed E-state index contributed by atoms with van der Waals surface area (Å²) in [4.78, 5) is 17.1. The molecule has 2 aromatic rings. The van der Waals surface area contributed by atoms with E-state index < -0.39 is 0 Å². The number of thioether (sulfide) groups is 1. The number of aryl methyl sites for hydroxylation is 1. The normalized spacial score (nSPS) is 17.0. The second-order valence-corrected chi connectivity index (χ2v) is 7.84. The average Bonchev–Trinajstić information content (AvgIpc) is 2.93. The molecule has 2 N–H and O–H groups in total. The summed E-state index contributed by atoms with van der Waals surface area (Å²) in [5.74, 6) is -0.00230. The third kappa shape index (κ3) is 4.06. The van der Waals surface area contributed by atoms with Gasteiger partial charge < -0.3 is 15.2 Å². The number of phenolic OH excluding ortho intramolecular Hbond substituents is 1. The van der Waals surface area contributed by atoms with Crippen molar-refractivity contribution in [3.05, 3.63) is 55.9 Å². The van der Waals surface area contributed by atoms with Gasteiger partial charge in [-0.2, -0.15) is 0 Å². The van der Waals surface area contributed by atoms with Crippen LogP contribution in [0.3, 0.4) is 0 Å². The van der Waals surface area contributed by atoms with Crippen molar-refractivity contribution in [2.24, 2.45) is 4.99 Å². The third-order valence-electron chi connectivity index (χ3n) is 3.62. The summed E-state index contributed by atoms with van der Waals surface area (Å²) in [5, 5.41) is 14.0. The fourth-order valence-corrected chi connectivity index (χ4v) is 3.74. The highest BCUT2D eigenvalue weighted by molar-refractivity contribution is 9.10. The largest absolute Gasteiger partial charge is 0.504 e. The van der Waals surface area contributed by atoms with Crippen LogP contribution < -0.4 is 10.1 Å². The van der Waals surface area contributed by atoms with Gasteiger partial charge in [0.2, 0.25) is 0 Å². The summed E-state index contributed by atoms with van der Waals surface area (Å²) in [6, 6.07) is 8.74. The van der Waals surface area contributed by atoms with Crippen molar-refractivity contribution in [3.8, 4) is 11.5 Å². The standard InChI is InChI=1S/C18H14BrClN2O3S/c1-9-3-4-12(20)8-13(9)21-18-22-17(24)15(26-18)6-10-5-11(19)7-14(25-2)16(10)23/h3-8,23H,1-2H3,(H,21,22,24)/b15-6-. The van der Waals surface area contributed by atoms with E-state index in [2.05, 4.69) is 26.2 Å². The number of aliphatic imine (C=N–C) groups is 1. The lowest BCUT2D eigenvalue weighted by Crippen LogP contribution is -2.19. The first-order valence-electron chi connectivity index (χ1n) is 7.49. The molecule has 3 rings (SSSR count). The number of aromatic hydroxyl groups is 1. The molecular formula is C18H14BrClN2O3S. The van der Waals surface area contributed by atoms with Crippen molar-refractivity contribution in [1.82, 2.24) is 5.32 Å². The van der Waals surface area contributed by atoms with Gasteiger partial charge in [0.1, 0.15) is 0 Å². The molecule has 0 radical (unpaired) electrons. The van der Waals surface area contributed by atoms with Gasteiger partial charge in [-0.15, -0.1) is 0 Å². The van der Waals surface area contributed by atoms with Crippen LogP contribution in [0.15, 0.2) is 44.7 Å². The van der Waals surface area contributed by atoms with Crippen molar-refractivity contribution in [1.29, 1.82) is 0 Å². The van der Waals surface area contributed by atoms with Crippen LogP contribution in [-0.2, 0) is 4.79 Å². The third-order valence-corrected chi connectivity index (χ3v) is 5.22. The zero-order chi connectivity index (χ0) is 18.8. The van der Waals surface area contributed by atoms with E-state index in [9.17, 15) is 9.90 Å². The summed E-state index contributed by atoms with van der Waals surface area (Å²) in [7, 11) is 1.47. The molecule has 1 fully saturated rings. The van der Waals surface area contributed by atoms with Gasteiger partial charge in [0.05, 0.1) is 17.7 Å². The van der Waals surface area contributed by atoms with Crippen molar-refractivity contribution < 1.29 is 14.6 Å². The number of methoxy groups -OCH3 is 1. The number of amidine groups is 1. The van der Waals surface area contributed by atoms with Gasteiger partial charge in [-0.1, -0.05) is 33.6 Å². The Morgan fingerprint density at radius 1 is 1.35 bits per heavy atom. The maximum absolute atomic E-state index is 12.3. The number of carbonyl (C=O) groups excluding carboxylic acids is 1. The zero-order valence-electron chi connectivity index (χ0n) is 13.8. The molecule has 1 aliphatic heterocycles. The first-order valence-corrected chi connectivity index (χ1v) is 9.48. The molecule has 8 heteroatoms. The molecule has 1 aliphatic rings. The highest BCUT2D eigenvalue weighted by Crippen LogP contribution is 2.37. The Bertz CT molecular complexity index is 960. The molecule has 0 unspecified atom stereocenters. The number of halogens is 2. The van der Waals surface area contributed by atoms with Gasteiger partial charge in [-0.25, -0.2) is 4.99 Å². The van der Waals surface area contributed by atoms with Gasteiger partial charge in [-0.05, 0) is 54.6 Å². The van der Waals surface area contributed by atoms with Crippen LogP contribution in [0.5, 0.6) is 11.5 Å². The molecular weight excluding hydrogens is 440 g/mol. The average molecular weight is 454 g/mol. The van der Waals surface area contributed by atoms with Crippen LogP contribution in [0.1, 0.15) is 11.1 Å². The number of carbonyl (C=O) groups is 1. The van der Waals surface area contributed by atoms with Gasteiger partial charge in [-0.3, -0.25) is 4.79 Å². The van der Waals surface area contributed by atoms with Crippen LogP contribution in [0.2, 0.25) is 5.02 Å². The number of hydrogen-bond donors (Lipinski definition) is 2. The monoisotopic (exact) mass is 452 g/mol. The van der Waals surface area contributed by atoms with Gasteiger partial charge >= 0.3 is 0 Å². The molecule has 0 spiro atoms. The molecule has 0 atom stereocenters. The van der Waals surface area contributed by atoms with Crippen LogP contribution in [0, 0.1) is 6.92 Å². The highest BCUT2D eigenvalue weighted by atomic mass is 79.9. The Morgan fingerprint density at radius 3 is 2.85 bits per heavy atom. The number of nitrogens with one attached hydrogen (secondary N) is 1. The number of rotatable bonds is 3. The molecule has 1 heterocycles. The molecule has 0 aromatic heterocycles. The molecule has 0 bridgehead atoms. The van der Waals surface area contributed by atoms with E-state index in [1.807, 2.05) is 13.0 Å². The van der Waals surface area contributed by atoms with Crippen LogP contribution >= 0.6 is 39.3 Å². The molecule has 0 aliphatic carbocycles. The van der Waals surface area contributed by atoms with E-state index >= 15 is 0 Å². The van der Waals surface area contributed by atoms with Crippen molar-refractivity contribution in [3.63, 3.8) is 0 Å². The summed E-state index contributed by atoms with van der Waals surface area (Å²) >= 11 is 10.6. The van der Waals surface area contributed by atoms with E-state index in [-0.39, 0.29) is 11.7 Å². The second-order valence-electron chi connectivity index (χ2n) is 5.46. The number of phenols is 1. The van der Waals surface area contributed by atoms with Crippen molar-refractivity contribution in [2.75, 3.05) is 7.11 Å².